The third-order valence-electron chi connectivity index (χ3n) is 4.12. The highest BCUT2D eigenvalue weighted by Crippen LogP contribution is 2.27. The summed E-state index contributed by atoms with van der Waals surface area (Å²) in [6.45, 7) is 5.84. The monoisotopic (exact) mass is 358 g/mol. The number of hydrogen-bond donors (Lipinski definition) is 2. The van der Waals surface area contributed by atoms with Crippen molar-refractivity contribution in [1.29, 1.82) is 0 Å². The van der Waals surface area contributed by atoms with Gasteiger partial charge in [-0.3, -0.25) is 4.79 Å². The van der Waals surface area contributed by atoms with Gasteiger partial charge in [-0.05, 0) is 51.0 Å². The molecule has 2 N–H and O–H groups in total. The summed E-state index contributed by atoms with van der Waals surface area (Å²) in [5, 5.41) is 17.4. The van der Waals surface area contributed by atoms with E-state index in [4.69, 9.17) is 11.6 Å². The zero-order chi connectivity index (χ0) is 18.1. The van der Waals surface area contributed by atoms with Gasteiger partial charge in [0.25, 0.3) is 0 Å². The molecule has 0 atom stereocenters. The number of aromatic hydroxyl groups is 1. The van der Waals surface area contributed by atoms with Gasteiger partial charge in [0.1, 0.15) is 5.75 Å². The Hall–Kier alpha value is -2.60. The van der Waals surface area contributed by atoms with Gasteiger partial charge < -0.3 is 10.4 Å². The second kappa shape index (κ2) is 6.72. The Labute approximate surface area is 150 Å². The Kier molecular flexibility index (Phi) is 4.63. The van der Waals surface area contributed by atoms with Crippen molar-refractivity contribution in [1.82, 2.24) is 14.6 Å². The number of rotatable bonds is 4. The first-order valence-corrected chi connectivity index (χ1v) is 8.34. The molecule has 0 aliphatic rings. The van der Waals surface area contributed by atoms with E-state index >= 15 is 0 Å². The number of nitrogens with one attached hydrogen (secondary N) is 1. The minimum Gasteiger partial charge on any atom is -0.506 e. The molecule has 0 saturated carbocycles. The maximum atomic E-state index is 12.2. The zero-order valence-corrected chi connectivity index (χ0v) is 15.1. The molecule has 25 heavy (non-hydrogen) atoms. The van der Waals surface area contributed by atoms with Gasteiger partial charge in [-0.2, -0.15) is 5.10 Å². The van der Waals surface area contributed by atoms with E-state index in [-0.39, 0.29) is 18.1 Å². The molecule has 3 rings (SSSR count). The summed E-state index contributed by atoms with van der Waals surface area (Å²) in [7, 11) is 0. The number of phenolic OH excluding ortho intramolecular Hbond substituents is 1. The van der Waals surface area contributed by atoms with Crippen molar-refractivity contribution >= 4 is 28.8 Å². The number of carbonyl (C=O) groups excluding carboxylic acids is 1. The van der Waals surface area contributed by atoms with Gasteiger partial charge in [-0.15, -0.1) is 0 Å². The van der Waals surface area contributed by atoms with Crippen LogP contribution < -0.4 is 5.32 Å². The van der Waals surface area contributed by atoms with Crippen molar-refractivity contribution in [2.24, 2.45) is 0 Å². The first kappa shape index (κ1) is 17.2. The van der Waals surface area contributed by atoms with Crippen LogP contribution in [0, 0.1) is 20.8 Å². The molecule has 0 spiro atoms. The molecule has 0 fully saturated rings. The molecule has 6 nitrogen and oxygen atoms in total. The van der Waals surface area contributed by atoms with Crippen LogP contribution in [0.3, 0.4) is 0 Å². The molecule has 0 radical (unpaired) electrons. The van der Waals surface area contributed by atoms with E-state index < -0.39 is 0 Å². The lowest BCUT2D eigenvalue weighted by Crippen LogP contribution is -2.14. The maximum Gasteiger partial charge on any atom is 0.224 e. The van der Waals surface area contributed by atoms with Crippen LogP contribution in [-0.2, 0) is 11.2 Å². The zero-order valence-electron chi connectivity index (χ0n) is 14.3. The van der Waals surface area contributed by atoms with E-state index in [2.05, 4.69) is 15.4 Å². The van der Waals surface area contributed by atoms with Gasteiger partial charge in [0.15, 0.2) is 5.65 Å². The molecular weight excluding hydrogens is 340 g/mol. The van der Waals surface area contributed by atoms with Gasteiger partial charge in [-0.1, -0.05) is 11.6 Å². The van der Waals surface area contributed by atoms with Crippen molar-refractivity contribution in [3.63, 3.8) is 0 Å². The van der Waals surface area contributed by atoms with E-state index in [0.717, 1.165) is 28.3 Å². The molecule has 1 amide bonds. The Morgan fingerprint density at radius 3 is 2.80 bits per heavy atom. The number of amides is 1. The predicted octanol–water partition coefficient (Wildman–Crippen LogP) is 3.58. The predicted molar refractivity (Wildman–Crippen MR) is 97.3 cm³/mol. The largest absolute Gasteiger partial charge is 0.506 e. The van der Waals surface area contributed by atoms with Gasteiger partial charge in [0.2, 0.25) is 5.91 Å². The van der Waals surface area contributed by atoms with Crippen molar-refractivity contribution in [2.75, 3.05) is 5.32 Å². The fourth-order valence-corrected chi connectivity index (χ4v) is 3.03. The van der Waals surface area contributed by atoms with Crippen molar-refractivity contribution in [3.8, 4) is 5.75 Å². The lowest BCUT2D eigenvalue weighted by atomic mass is 10.1. The van der Waals surface area contributed by atoms with Crippen LogP contribution in [0.2, 0.25) is 5.02 Å². The molecule has 0 bridgehead atoms. The third kappa shape index (κ3) is 3.58. The summed E-state index contributed by atoms with van der Waals surface area (Å²) in [5.74, 6) is -0.215. The minimum atomic E-state index is -0.201. The lowest BCUT2D eigenvalue weighted by molar-refractivity contribution is -0.116. The molecule has 3 aromatic rings. The van der Waals surface area contributed by atoms with Crippen molar-refractivity contribution < 1.29 is 9.90 Å². The quantitative estimate of drug-likeness (QED) is 0.698. The third-order valence-corrected chi connectivity index (χ3v) is 4.36. The average Bonchev–Trinajstić information content (AvgIpc) is 2.91. The number of carbonyl (C=O) groups is 1. The molecule has 1 aromatic carbocycles. The number of nitrogens with zero attached hydrogens (tertiary/aromatic N) is 3. The molecule has 2 aromatic heterocycles. The molecule has 2 heterocycles. The number of aromatic nitrogens is 3. The van der Waals surface area contributed by atoms with Crippen LogP contribution in [0.15, 0.2) is 24.3 Å². The summed E-state index contributed by atoms with van der Waals surface area (Å²) in [6.07, 6.45) is 0.799. The fourth-order valence-electron chi connectivity index (χ4n) is 2.86. The van der Waals surface area contributed by atoms with Gasteiger partial charge >= 0.3 is 0 Å². The molecule has 0 unspecified atom stereocenters. The number of halogens is 1. The van der Waals surface area contributed by atoms with Crippen molar-refractivity contribution in [2.45, 2.75) is 33.6 Å². The number of fused-ring (bicyclic) bond motifs is 1. The smallest absolute Gasteiger partial charge is 0.224 e. The Balaban J connectivity index is 1.76. The molecule has 0 aliphatic heterocycles. The summed E-state index contributed by atoms with van der Waals surface area (Å²) in [6, 6.07) is 6.46. The second-order valence-electron chi connectivity index (χ2n) is 6.03. The van der Waals surface area contributed by atoms with Crippen LogP contribution in [-0.4, -0.2) is 25.6 Å². The first-order chi connectivity index (χ1) is 11.8. The maximum absolute atomic E-state index is 12.2. The Bertz CT molecular complexity index is 965. The highest BCUT2D eigenvalue weighted by molar-refractivity contribution is 6.31. The van der Waals surface area contributed by atoms with E-state index in [1.165, 1.54) is 12.1 Å². The van der Waals surface area contributed by atoms with E-state index in [0.29, 0.717) is 17.1 Å². The summed E-state index contributed by atoms with van der Waals surface area (Å²) >= 11 is 5.89. The van der Waals surface area contributed by atoms with Crippen LogP contribution in [0.4, 0.5) is 5.69 Å². The SMILES string of the molecule is Cc1cc2nc(C)c(CCC(=O)Nc3cc(Cl)ccc3O)c(C)n2n1. The Morgan fingerprint density at radius 1 is 1.28 bits per heavy atom. The number of aryl methyl sites for hydroxylation is 3. The van der Waals surface area contributed by atoms with Crippen LogP contribution in [0.25, 0.3) is 5.65 Å². The topological polar surface area (TPSA) is 79.5 Å². The van der Waals surface area contributed by atoms with Crippen molar-refractivity contribution in [3.05, 3.63) is 51.9 Å². The standard InChI is InChI=1S/C18H19ClN4O2/c1-10-8-17-20-11(2)14(12(3)23(17)22-10)5-7-18(25)21-15-9-13(19)4-6-16(15)24/h4,6,8-9,24H,5,7H2,1-3H3,(H,21,25). The first-order valence-electron chi connectivity index (χ1n) is 7.96. The molecular formula is C18H19ClN4O2. The van der Waals surface area contributed by atoms with E-state index in [1.54, 1.807) is 10.6 Å². The fraction of sp³-hybridized carbons (Fsp3) is 0.278. The van der Waals surface area contributed by atoms with Gasteiger partial charge in [0.05, 0.1) is 11.4 Å². The molecule has 7 heteroatoms. The van der Waals surface area contributed by atoms with E-state index in [1.807, 2.05) is 26.8 Å². The number of phenols is 1. The van der Waals surface area contributed by atoms with Crippen LogP contribution in [0.5, 0.6) is 5.75 Å². The summed E-state index contributed by atoms with van der Waals surface area (Å²) < 4.78 is 1.80. The molecule has 0 saturated heterocycles. The van der Waals surface area contributed by atoms with Gasteiger partial charge in [0, 0.05) is 28.9 Å². The normalized spacial score (nSPS) is 11.0. The average molecular weight is 359 g/mol. The summed E-state index contributed by atoms with van der Waals surface area (Å²) in [5.41, 5.74) is 4.89. The highest BCUT2D eigenvalue weighted by Gasteiger charge is 2.13. The summed E-state index contributed by atoms with van der Waals surface area (Å²) in [4.78, 5) is 16.8. The number of anilines is 1. The minimum absolute atomic E-state index is 0.0137. The number of benzene rings is 1. The molecule has 130 valence electrons. The second-order valence-corrected chi connectivity index (χ2v) is 6.46. The Morgan fingerprint density at radius 2 is 2.04 bits per heavy atom. The molecule has 0 aliphatic carbocycles. The van der Waals surface area contributed by atoms with Gasteiger partial charge in [-0.25, -0.2) is 9.50 Å². The lowest BCUT2D eigenvalue weighted by Gasteiger charge is -2.11. The highest BCUT2D eigenvalue weighted by atomic mass is 35.5. The van der Waals surface area contributed by atoms with Crippen LogP contribution >= 0.6 is 11.6 Å². The number of hydrogen-bond acceptors (Lipinski definition) is 4. The van der Waals surface area contributed by atoms with Crippen LogP contribution in [0.1, 0.15) is 29.1 Å². The van der Waals surface area contributed by atoms with E-state index in [9.17, 15) is 9.90 Å².